The number of para-hydroxylation sites is 1. The average Bonchev–Trinajstić information content (AvgIpc) is 2.69. The van der Waals surface area contributed by atoms with Crippen molar-refractivity contribution in [2.75, 3.05) is 5.32 Å². The van der Waals surface area contributed by atoms with Crippen LogP contribution in [0.1, 0.15) is 18.5 Å². The van der Waals surface area contributed by atoms with Gasteiger partial charge in [0.05, 0.1) is 10.9 Å². The van der Waals surface area contributed by atoms with E-state index in [0.29, 0.717) is 16.7 Å². The Hall–Kier alpha value is -3.65. The maximum absolute atomic E-state index is 12.6. The summed E-state index contributed by atoms with van der Waals surface area (Å²) in [5.74, 6) is 0.654. The zero-order chi connectivity index (χ0) is 17.9. The van der Waals surface area contributed by atoms with Crippen molar-refractivity contribution in [3.63, 3.8) is 0 Å². The summed E-state index contributed by atoms with van der Waals surface area (Å²) in [6.07, 6.45) is 9.68. The summed E-state index contributed by atoms with van der Waals surface area (Å²) in [7, 11) is 0. The molecule has 0 aliphatic heterocycles. The minimum absolute atomic E-state index is 0.132. The van der Waals surface area contributed by atoms with Crippen molar-refractivity contribution < 1.29 is 0 Å². The number of aromatic nitrogens is 2. The van der Waals surface area contributed by atoms with Crippen molar-refractivity contribution in [1.29, 1.82) is 5.26 Å². The van der Waals surface area contributed by atoms with Crippen LogP contribution in [0.5, 0.6) is 0 Å². The fourth-order valence-electron chi connectivity index (χ4n) is 3.08. The predicted octanol–water partition coefficient (Wildman–Crippen LogP) is 3.90. The highest BCUT2D eigenvalue weighted by atomic mass is 16.1. The molecule has 5 nitrogen and oxygen atoms in total. The summed E-state index contributed by atoms with van der Waals surface area (Å²) < 4.78 is 1.95. The van der Waals surface area contributed by atoms with Crippen molar-refractivity contribution in [2.45, 2.75) is 12.8 Å². The van der Waals surface area contributed by atoms with Gasteiger partial charge < -0.3 is 5.32 Å². The molecule has 0 radical (unpaired) electrons. The first kappa shape index (κ1) is 15.9. The molecule has 0 unspecified atom stereocenters. The Bertz CT molecular complexity index is 1130. The SMILES string of the molecule is N#Cc1cc2c(cn1)c(=O)cc(NC1=CCCC=C1)n2-c1ccccc1. The van der Waals surface area contributed by atoms with E-state index in [1.165, 1.54) is 6.20 Å². The number of rotatable bonds is 3. The van der Waals surface area contributed by atoms with Gasteiger partial charge in [-0.25, -0.2) is 4.98 Å². The number of hydrogen-bond donors (Lipinski definition) is 1. The second-order valence-electron chi connectivity index (χ2n) is 6.03. The van der Waals surface area contributed by atoms with Gasteiger partial charge in [0.15, 0.2) is 5.43 Å². The van der Waals surface area contributed by atoms with Gasteiger partial charge in [-0.15, -0.1) is 0 Å². The minimum atomic E-state index is -0.132. The van der Waals surface area contributed by atoms with E-state index in [0.717, 1.165) is 24.2 Å². The third-order valence-corrected chi connectivity index (χ3v) is 4.29. The summed E-state index contributed by atoms with van der Waals surface area (Å²) in [5.41, 5.74) is 2.64. The Balaban J connectivity index is 2.01. The number of pyridine rings is 2. The molecule has 1 aromatic carbocycles. The second kappa shape index (κ2) is 6.69. The molecule has 0 saturated heterocycles. The van der Waals surface area contributed by atoms with Gasteiger partial charge in [0.25, 0.3) is 0 Å². The lowest BCUT2D eigenvalue weighted by Gasteiger charge is -2.19. The molecule has 0 spiro atoms. The molecule has 3 aromatic rings. The van der Waals surface area contributed by atoms with Crippen LogP contribution in [0.4, 0.5) is 5.82 Å². The van der Waals surface area contributed by atoms with Gasteiger partial charge in [-0.3, -0.25) is 9.36 Å². The largest absolute Gasteiger partial charge is 0.342 e. The number of nitrogens with one attached hydrogen (secondary N) is 1. The van der Waals surface area contributed by atoms with Crippen LogP contribution in [0.15, 0.2) is 77.4 Å². The van der Waals surface area contributed by atoms with Crippen LogP contribution in [0, 0.1) is 11.3 Å². The van der Waals surface area contributed by atoms with Gasteiger partial charge in [-0.1, -0.05) is 30.4 Å². The monoisotopic (exact) mass is 340 g/mol. The Morgan fingerprint density at radius 2 is 2.00 bits per heavy atom. The molecule has 126 valence electrons. The van der Waals surface area contributed by atoms with E-state index in [2.05, 4.69) is 22.5 Å². The van der Waals surface area contributed by atoms with Crippen LogP contribution in [0.25, 0.3) is 16.6 Å². The van der Waals surface area contributed by atoms with E-state index in [9.17, 15) is 10.1 Å². The Morgan fingerprint density at radius 3 is 2.73 bits per heavy atom. The minimum Gasteiger partial charge on any atom is -0.342 e. The van der Waals surface area contributed by atoms with Crippen LogP contribution in [-0.2, 0) is 0 Å². The van der Waals surface area contributed by atoms with Crippen LogP contribution < -0.4 is 10.7 Å². The maximum atomic E-state index is 12.6. The van der Waals surface area contributed by atoms with Crippen LogP contribution in [0.2, 0.25) is 0 Å². The fourth-order valence-corrected chi connectivity index (χ4v) is 3.08. The van der Waals surface area contributed by atoms with Crippen LogP contribution in [0.3, 0.4) is 0 Å². The third kappa shape index (κ3) is 2.89. The lowest BCUT2D eigenvalue weighted by Crippen LogP contribution is -2.14. The van der Waals surface area contributed by atoms with Crippen molar-refractivity contribution in [1.82, 2.24) is 9.55 Å². The van der Waals surface area contributed by atoms with Gasteiger partial charge >= 0.3 is 0 Å². The number of benzene rings is 1. The molecule has 0 saturated carbocycles. The Morgan fingerprint density at radius 1 is 1.15 bits per heavy atom. The molecule has 1 aliphatic rings. The summed E-state index contributed by atoms with van der Waals surface area (Å²) in [6, 6.07) is 15.0. The van der Waals surface area contributed by atoms with Gasteiger partial charge in [0.2, 0.25) is 0 Å². The van der Waals surface area contributed by atoms with Crippen molar-refractivity contribution >= 4 is 16.7 Å². The van der Waals surface area contributed by atoms with Crippen molar-refractivity contribution in [3.05, 3.63) is 88.5 Å². The maximum Gasteiger partial charge on any atom is 0.193 e. The van der Waals surface area contributed by atoms with Gasteiger partial charge in [-0.2, -0.15) is 5.26 Å². The average molecular weight is 340 g/mol. The number of fused-ring (bicyclic) bond motifs is 1. The number of nitrogens with zero attached hydrogens (tertiary/aromatic N) is 3. The predicted molar refractivity (Wildman–Crippen MR) is 102 cm³/mol. The van der Waals surface area contributed by atoms with Crippen LogP contribution in [-0.4, -0.2) is 9.55 Å². The molecule has 1 N–H and O–H groups in total. The van der Waals surface area contributed by atoms with E-state index in [1.54, 1.807) is 12.1 Å². The fraction of sp³-hybridized carbons (Fsp3) is 0.0952. The van der Waals surface area contributed by atoms with Crippen molar-refractivity contribution in [2.24, 2.45) is 0 Å². The Kier molecular flexibility index (Phi) is 4.08. The van der Waals surface area contributed by atoms with E-state index in [1.807, 2.05) is 47.0 Å². The first-order valence-electron chi connectivity index (χ1n) is 8.41. The summed E-state index contributed by atoms with van der Waals surface area (Å²) in [4.78, 5) is 16.7. The summed E-state index contributed by atoms with van der Waals surface area (Å²) in [5, 5.41) is 13.1. The van der Waals surface area contributed by atoms with Gasteiger partial charge in [0, 0.05) is 23.6 Å². The molecule has 0 fully saturated rings. The Labute approximate surface area is 150 Å². The highest BCUT2D eigenvalue weighted by Crippen LogP contribution is 2.24. The zero-order valence-corrected chi connectivity index (χ0v) is 14.0. The molecule has 1 aliphatic carbocycles. The lowest BCUT2D eigenvalue weighted by atomic mass is 10.1. The molecular formula is C21H16N4O. The standard InChI is InChI=1S/C21H16N4O/c22-13-16-11-19-18(14-23-16)20(26)12-21(24-15-7-3-1-4-8-15)25(19)17-9-5-2-6-10-17/h2-3,5-12,14,24H,1,4H2. The first-order valence-corrected chi connectivity index (χ1v) is 8.41. The normalized spacial score (nSPS) is 13.3. The zero-order valence-electron chi connectivity index (χ0n) is 14.0. The highest BCUT2D eigenvalue weighted by molar-refractivity contribution is 5.83. The molecule has 2 aromatic heterocycles. The molecule has 4 rings (SSSR count). The molecular weight excluding hydrogens is 324 g/mol. The van der Waals surface area contributed by atoms with E-state index in [-0.39, 0.29) is 11.1 Å². The van der Waals surface area contributed by atoms with Crippen LogP contribution >= 0.6 is 0 Å². The number of allylic oxidation sites excluding steroid dienone is 3. The quantitative estimate of drug-likeness (QED) is 0.785. The summed E-state index contributed by atoms with van der Waals surface area (Å²) in [6.45, 7) is 0. The lowest BCUT2D eigenvalue weighted by molar-refractivity contribution is 1.01. The number of hydrogen-bond acceptors (Lipinski definition) is 4. The summed E-state index contributed by atoms with van der Waals surface area (Å²) >= 11 is 0. The topological polar surface area (TPSA) is 70.7 Å². The molecule has 26 heavy (non-hydrogen) atoms. The van der Waals surface area contributed by atoms with E-state index < -0.39 is 0 Å². The molecule has 0 bridgehead atoms. The van der Waals surface area contributed by atoms with Crippen molar-refractivity contribution in [3.8, 4) is 11.8 Å². The smallest absolute Gasteiger partial charge is 0.193 e. The first-order chi connectivity index (χ1) is 12.8. The third-order valence-electron chi connectivity index (χ3n) is 4.29. The highest BCUT2D eigenvalue weighted by Gasteiger charge is 2.13. The number of nitriles is 1. The second-order valence-corrected chi connectivity index (χ2v) is 6.03. The molecule has 2 heterocycles. The van der Waals surface area contributed by atoms with E-state index >= 15 is 0 Å². The van der Waals surface area contributed by atoms with E-state index in [4.69, 9.17) is 0 Å². The molecule has 0 atom stereocenters. The van der Waals surface area contributed by atoms with Gasteiger partial charge in [0.1, 0.15) is 17.6 Å². The molecule has 0 amide bonds. The van der Waals surface area contributed by atoms with Gasteiger partial charge in [-0.05, 0) is 37.1 Å². The number of anilines is 1. The molecule has 5 heteroatoms.